The number of nitrogens with zero attached hydrogens (tertiary/aromatic N) is 1. The van der Waals surface area contributed by atoms with Gasteiger partial charge in [0, 0.05) is 25.0 Å². The Balaban J connectivity index is 1.67. The summed E-state index contributed by atoms with van der Waals surface area (Å²) >= 11 is 0. The van der Waals surface area contributed by atoms with Crippen LogP contribution in [0.3, 0.4) is 0 Å². The molecule has 1 heterocycles. The molecule has 1 aliphatic heterocycles. The second-order valence-corrected chi connectivity index (χ2v) is 6.19. The van der Waals surface area contributed by atoms with Gasteiger partial charge in [0.05, 0.1) is 0 Å². The Hall–Kier alpha value is -1.35. The van der Waals surface area contributed by atoms with Gasteiger partial charge in [0.15, 0.2) is 0 Å². The van der Waals surface area contributed by atoms with Crippen LogP contribution in [0.5, 0.6) is 0 Å². The van der Waals surface area contributed by atoms with Crippen molar-refractivity contribution in [1.82, 2.24) is 10.2 Å². The summed E-state index contributed by atoms with van der Waals surface area (Å²) in [5.41, 5.74) is 2.69. The van der Waals surface area contributed by atoms with Crippen LogP contribution in [-0.4, -0.2) is 37.0 Å². The molecule has 1 aliphatic carbocycles. The largest absolute Gasteiger partial charge is 0.338 e. The number of hydrogen-bond donors (Lipinski definition) is 1. The highest BCUT2D eigenvalue weighted by atomic mass is 16.2. The molecule has 3 heteroatoms. The van der Waals surface area contributed by atoms with E-state index < -0.39 is 0 Å². The van der Waals surface area contributed by atoms with Crippen LogP contribution in [0.4, 0.5) is 0 Å². The number of benzene rings is 1. The van der Waals surface area contributed by atoms with Gasteiger partial charge in [-0.25, -0.2) is 0 Å². The van der Waals surface area contributed by atoms with Crippen molar-refractivity contribution in [2.45, 2.75) is 38.1 Å². The highest BCUT2D eigenvalue weighted by Crippen LogP contribution is 2.50. The summed E-state index contributed by atoms with van der Waals surface area (Å²) in [6, 6.07) is 8.89. The molecule has 3 rings (SSSR count). The molecule has 0 radical (unpaired) electrons. The predicted octanol–water partition coefficient (Wildman–Crippen LogP) is 2.31. The molecule has 1 N–H and O–H groups in total. The number of hydrogen-bond acceptors (Lipinski definition) is 2. The predicted molar refractivity (Wildman–Crippen MR) is 80.7 cm³/mol. The highest BCUT2D eigenvalue weighted by molar-refractivity contribution is 5.83. The van der Waals surface area contributed by atoms with Gasteiger partial charge in [0.25, 0.3) is 0 Å². The fraction of sp³-hybridized carbons (Fsp3) is 0.588. The molecule has 0 aromatic heterocycles. The zero-order valence-corrected chi connectivity index (χ0v) is 12.4. The molecule has 1 saturated heterocycles. The van der Waals surface area contributed by atoms with Crippen LogP contribution in [0, 0.1) is 12.8 Å². The summed E-state index contributed by atoms with van der Waals surface area (Å²) in [5.74, 6) is 1.07. The van der Waals surface area contributed by atoms with E-state index in [9.17, 15) is 4.79 Å². The molecule has 1 aromatic rings. The normalized spacial score (nSPS) is 28.7. The molecular weight excluding hydrogens is 248 g/mol. The van der Waals surface area contributed by atoms with Crippen LogP contribution in [0.2, 0.25) is 0 Å². The standard InChI is InChI=1S/C17H24N2O/c1-12-6-3-4-8-14(12)15-10-16(15)17(20)19-9-5-7-13(19)11-18-2/h3-4,6,8,13,15-16,18H,5,7,9-11H2,1-2H3/t13-,15-,16+/m0/s1. The van der Waals surface area contributed by atoms with Crippen molar-refractivity contribution in [1.29, 1.82) is 0 Å². The number of nitrogens with one attached hydrogen (secondary N) is 1. The van der Waals surface area contributed by atoms with E-state index in [-0.39, 0.29) is 5.92 Å². The minimum atomic E-state index is 0.230. The summed E-state index contributed by atoms with van der Waals surface area (Å²) in [6.07, 6.45) is 3.33. The Kier molecular flexibility index (Phi) is 3.79. The van der Waals surface area contributed by atoms with Crippen molar-refractivity contribution in [3.8, 4) is 0 Å². The number of carbonyl (C=O) groups is 1. The van der Waals surface area contributed by atoms with E-state index >= 15 is 0 Å². The van der Waals surface area contributed by atoms with Crippen LogP contribution in [0.25, 0.3) is 0 Å². The third-order valence-corrected chi connectivity index (χ3v) is 4.80. The summed E-state index contributed by atoms with van der Waals surface area (Å²) in [6.45, 7) is 4.02. The van der Waals surface area contributed by atoms with Gasteiger partial charge in [0.2, 0.25) is 5.91 Å². The minimum absolute atomic E-state index is 0.230. The van der Waals surface area contributed by atoms with Crippen molar-refractivity contribution in [3.63, 3.8) is 0 Å². The van der Waals surface area contributed by atoms with Crippen molar-refractivity contribution in [3.05, 3.63) is 35.4 Å². The topological polar surface area (TPSA) is 32.3 Å². The van der Waals surface area contributed by atoms with E-state index in [0.717, 1.165) is 32.4 Å². The number of aryl methyl sites for hydroxylation is 1. The SMILES string of the molecule is CNC[C@@H]1CCCN1C(=O)[C@@H]1C[C@H]1c1ccccc1C. The molecule has 1 saturated carbocycles. The average Bonchev–Trinajstić information content (AvgIpc) is 3.10. The van der Waals surface area contributed by atoms with E-state index in [1.54, 1.807) is 0 Å². The van der Waals surface area contributed by atoms with E-state index in [1.807, 2.05) is 7.05 Å². The van der Waals surface area contributed by atoms with Gasteiger partial charge in [-0.1, -0.05) is 24.3 Å². The number of amides is 1. The fourth-order valence-corrected chi connectivity index (χ4v) is 3.60. The first-order valence-electron chi connectivity index (χ1n) is 7.73. The lowest BCUT2D eigenvalue weighted by Crippen LogP contribution is -2.41. The van der Waals surface area contributed by atoms with Gasteiger partial charge >= 0.3 is 0 Å². The van der Waals surface area contributed by atoms with Gasteiger partial charge in [-0.3, -0.25) is 4.79 Å². The van der Waals surface area contributed by atoms with Crippen molar-refractivity contribution in [2.24, 2.45) is 5.92 Å². The Morgan fingerprint density at radius 1 is 1.40 bits per heavy atom. The zero-order chi connectivity index (χ0) is 14.1. The van der Waals surface area contributed by atoms with Crippen molar-refractivity contribution in [2.75, 3.05) is 20.1 Å². The quantitative estimate of drug-likeness (QED) is 0.912. The monoisotopic (exact) mass is 272 g/mol. The molecule has 2 aliphatic rings. The van der Waals surface area contributed by atoms with E-state index in [4.69, 9.17) is 0 Å². The Labute approximate surface area is 121 Å². The number of carbonyl (C=O) groups excluding carboxylic acids is 1. The molecule has 1 amide bonds. The molecule has 2 fully saturated rings. The molecule has 3 atom stereocenters. The summed E-state index contributed by atoms with van der Waals surface area (Å²) in [5, 5.41) is 3.21. The van der Waals surface area contributed by atoms with Gasteiger partial charge < -0.3 is 10.2 Å². The van der Waals surface area contributed by atoms with E-state index in [1.165, 1.54) is 11.1 Å². The van der Waals surface area contributed by atoms with Gasteiger partial charge in [-0.2, -0.15) is 0 Å². The molecule has 0 bridgehead atoms. The maximum absolute atomic E-state index is 12.7. The number of likely N-dealkylation sites (N-methyl/N-ethyl adjacent to an activating group) is 1. The molecule has 108 valence electrons. The van der Waals surface area contributed by atoms with Crippen molar-refractivity contribution >= 4 is 5.91 Å². The molecular formula is C17H24N2O. The van der Waals surface area contributed by atoms with Crippen LogP contribution < -0.4 is 5.32 Å². The first-order valence-corrected chi connectivity index (χ1v) is 7.73. The van der Waals surface area contributed by atoms with Gasteiger partial charge in [0.1, 0.15) is 0 Å². The minimum Gasteiger partial charge on any atom is -0.338 e. The Morgan fingerprint density at radius 3 is 2.95 bits per heavy atom. The van der Waals surface area contributed by atoms with Gasteiger partial charge in [-0.05, 0) is 50.3 Å². The Morgan fingerprint density at radius 2 is 2.20 bits per heavy atom. The van der Waals surface area contributed by atoms with Crippen LogP contribution >= 0.6 is 0 Å². The summed E-state index contributed by atoms with van der Waals surface area (Å²) in [7, 11) is 1.97. The second-order valence-electron chi connectivity index (χ2n) is 6.19. The van der Waals surface area contributed by atoms with Crippen LogP contribution in [0.15, 0.2) is 24.3 Å². The smallest absolute Gasteiger partial charge is 0.226 e. The first-order chi connectivity index (χ1) is 9.72. The third-order valence-electron chi connectivity index (χ3n) is 4.80. The maximum Gasteiger partial charge on any atom is 0.226 e. The average molecular weight is 272 g/mol. The lowest BCUT2D eigenvalue weighted by atomic mass is 10.0. The maximum atomic E-state index is 12.7. The molecule has 1 aromatic carbocycles. The lowest BCUT2D eigenvalue weighted by molar-refractivity contribution is -0.133. The number of rotatable bonds is 4. The summed E-state index contributed by atoms with van der Waals surface area (Å²) < 4.78 is 0. The molecule has 3 nitrogen and oxygen atoms in total. The Bertz CT molecular complexity index is 500. The first kappa shape index (κ1) is 13.6. The van der Waals surface area contributed by atoms with Crippen LogP contribution in [0.1, 0.15) is 36.3 Å². The molecule has 20 heavy (non-hydrogen) atoms. The third kappa shape index (κ3) is 2.47. The molecule has 0 spiro atoms. The second kappa shape index (κ2) is 5.57. The van der Waals surface area contributed by atoms with Crippen LogP contribution in [-0.2, 0) is 4.79 Å². The highest BCUT2D eigenvalue weighted by Gasteiger charge is 2.47. The van der Waals surface area contributed by atoms with Crippen molar-refractivity contribution < 1.29 is 4.79 Å². The summed E-state index contributed by atoms with van der Waals surface area (Å²) in [4.78, 5) is 14.8. The fourth-order valence-electron chi connectivity index (χ4n) is 3.60. The zero-order valence-electron chi connectivity index (χ0n) is 12.4. The number of likely N-dealkylation sites (tertiary alicyclic amines) is 1. The van der Waals surface area contributed by atoms with E-state index in [0.29, 0.717) is 17.9 Å². The van der Waals surface area contributed by atoms with Gasteiger partial charge in [-0.15, -0.1) is 0 Å². The van der Waals surface area contributed by atoms with E-state index in [2.05, 4.69) is 41.4 Å². The molecule has 0 unspecified atom stereocenters. The lowest BCUT2D eigenvalue weighted by Gasteiger charge is -2.24.